The van der Waals surface area contributed by atoms with E-state index >= 15 is 0 Å². The van der Waals surface area contributed by atoms with Crippen LogP contribution in [0.15, 0.2) is 18.2 Å². The van der Waals surface area contributed by atoms with Crippen molar-refractivity contribution in [2.24, 2.45) is 5.73 Å². The molecular weight excluding hydrogens is 346 g/mol. The molecule has 2 saturated heterocycles. The molecule has 2 aliphatic rings. The molecule has 2 fully saturated rings. The zero-order valence-electron chi connectivity index (χ0n) is 14.2. The summed E-state index contributed by atoms with van der Waals surface area (Å²) in [5.41, 5.74) is 6.57. The smallest absolute Gasteiger partial charge is 0.244 e. The number of carbonyl (C=O) groups excluding carboxylic acids is 2. The van der Waals surface area contributed by atoms with Crippen LogP contribution < -0.4 is 20.7 Å². The largest absolute Gasteiger partial charge is 0.495 e. The number of carbonyl (C=O) groups is 2. The Kier molecular flexibility index (Phi) is 6.26. The van der Waals surface area contributed by atoms with Gasteiger partial charge in [0.2, 0.25) is 11.8 Å². The number of amides is 2. The maximum Gasteiger partial charge on any atom is 0.244 e. The average molecular weight is 370 g/mol. The lowest BCUT2D eigenvalue weighted by Gasteiger charge is -2.32. The maximum absolute atomic E-state index is 12.5. The minimum Gasteiger partial charge on any atom is -0.495 e. The number of methoxy groups -OCH3 is 1. The quantitative estimate of drug-likeness (QED) is 0.842. The Morgan fingerprint density at radius 3 is 2.68 bits per heavy atom. The van der Waals surface area contributed by atoms with Gasteiger partial charge in [0.1, 0.15) is 11.3 Å². The number of hydrogen-bond acceptors (Lipinski definition) is 5. The van der Waals surface area contributed by atoms with Gasteiger partial charge in [0.05, 0.1) is 12.8 Å². The highest BCUT2D eigenvalue weighted by Gasteiger charge is 2.36. The number of nitrogens with zero attached hydrogens (tertiary/aromatic N) is 1. The number of anilines is 2. The highest BCUT2D eigenvalue weighted by atomic mass is 35.5. The molecule has 0 aromatic heterocycles. The first kappa shape index (κ1) is 19.5. The molecule has 1 aromatic carbocycles. The standard InChI is InChI=1S/C17H23N3O4.ClH/c1-23-14-5-4-12(11-13(14)20-8-2-3-15(20)21)19-16(22)17(18)6-9-24-10-7-17;/h4-5,11H,2-3,6-10,18H2,1H3,(H,19,22);1H. The van der Waals surface area contributed by atoms with Gasteiger partial charge in [0, 0.05) is 31.9 Å². The van der Waals surface area contributed by atoms with Gasteiger partial charge < -0.3 is 25.4 Å². The second kappa shape index (κ2) is 8.03. The molecule has 1 aromatic rings. The van der Waals surface area contributed by atoms with Gasteiger partial charge >= 0.3 is 0 Å². The molecular formula is C17H24ClN3O4. The Morgan fingerprint density at radius 2 is 2.08 bits per heavy atom. The van der Waals surface area contributed by atoms with Crippen LogP contribution in [0.2, 0.25) is 0 Å². The van der Waals surface area contributed by atoms with Crippen molar-refractivity contribution in [2.45, 2.75) is 31.2 Å². The molecule has 0 unspecified atom stereocenters. The molecule has 0 radical (unpaired) electrons. The van der Waals surface area contributed by atoms with E-state index in [0.29, 0.717) is 56.1 Å². The highest BCUT2D eigenvalue weighted by molar-refractivity contribution is 6.00. The molecule has 2 aliphatic heterocycles. The molecule has 3 rings (SSSR count). The summed E-state index contributed by atoms with van der Waals surface area (Å²) in [5.74, 6) is 0.447. The summed E-state index contributed by atoms with van der Waals surface area (Å²) >= 11 is 0. The first-order chi connectivity index (χ1) is 11.5. The molecule has 138 valence electrons. The fourth-order valence-corrected chi connectivity index (χ4v) is 3.10. The molecule has 0 aliphatic carbocycles. The van der Waals surface area contributed by atoms with E-state index in [0.717, 1.165) is 6.42 Å². The van der Waals surface area contributed by atoms with Gasteiger partial charge in [-0.3, -0.25) is 9.59 Å². The molecule has 3 N–H and O–H groups in total. The third kappa shape index (κ3) is 4.05. The van der Waals surface area contributed by atoms with Crippen LogP contribution in [0.5, 0.6) is 5.75 Å². The van der Waals surface area contributed by atoms with Crippen LogP contribution >= 0.6 is 12.4 Å². The number of halogens is 1. The van der Waals surface area contributed by atoms with Crippen LogP contribution in [-0.2, 0) is 14.3 Å². The van der Waals surface area contributed by atoms with Gasteiger partial charge in [-0.05, 0) is 37.5 Å². The van der Waals surface area contributed by atoms with Crippen LogP contribution in [0, 0.1) is 0 Å². The summed E-state index contributed by atoms with van der Waals surface area (Å²) in [6, 6.07) is 5.27. The lowest BCUT2D eigenvalue weighted by Crippen LogP contribution is -2.54. The third-order valence-corrected chi connectivity index (χ3v) is 4.64. The van der Waals surface area contributed by atoms with Gasteiger partial charge in [-0.1, -0.05) is 0 Å². The number of nitrogens with one attached hydrogen (secondary N) is 1. The van der Waals surface area contributed by atoms with Crippen molar-refractivity contribution in [3.05, 3.63) is 18.2 Å². The van der Waals surface area contributed by atoms with Gasteiger partial charge in [-0.25, -0.2) is 0 Å². The first-order valence-corrected chi connectivity index (χ1v) is 8.20. The van der Waals surface area contributed by atoms with Gasteiger partial charge in [0.15, 0.2) is 0 Å². The van der Waals surface area contributed by atoms with Crippen LogP contribution in [0.25, 0.3) is 0 Å². The van der Waals surface area contributed by atoms with Gasteiger partial charge in [-0.15, -0.1) is 12.4 Å². The summed E-state index contributed by atoms with van der Waals surface area (Å²) in [7, 11) is 1.56. The Hall–Kier alpha value is -1.83. The second-order valence-electron chi connectivity index (χ2n) is 6.26. The topological polar surface area (TPSA) is 93.9 Å². The number of rotatable bonds is 4. The molecule has 25 heavy (non-hydrogen) atoms. The minimum absolute atomic E-state index is 0. The lowest BCUT2D eigenvalue weighted by atomic mass is 9.90. The summed E-state index contributed by atoms with van der Waals surface area (Å²) in [6.45, 7) is 1.63. The summed E-state index contributed by atoms with van der Waals surface area (Å²) in [4.78, 5) is 26.3. The summed E-state index contributed by atoms with van der Waals surface area (Å²) in [6.07, 6.45) is 2.34. The number of benzene rings is 1. The minimum atomic E-state index is -0.915. The lowest BCUT2D eigenvalue weighted by molar-refractivity contribution is -0.124. The zero-order chi connectivity index (χ0) is 17.2. The fourth-order valence-electron chi connectivity index (χ4n) is 3.10. The van der Waals surface area contributed by atoms with E-state index in [4.69, 9.17) is 15.2 Å². The van der Waals surface area contributed by atoms with Crippen molar-refractivity contribution in [2.75, 3.05) is 37.1 Å². The van der Waals surface area contributed by atoms with Crippen molar-refractivity contribution in [1.82, 2.24) is 0 Å². The Morgan fingerprint density at radius 1 is 1.36 bits per heavy atom. The molecule has 0 bridgehead atoms. The Labute approximate surface area is 153 Å². The van der Waals surface area contributed by atoms with E-state index in [-0.39, 0.29) is 24.2 Å². The number of nitrogens with two attached hydrogens (primary N) is 1. The zero-order valence-corrected chi connectivity index (χ0v) is 15.1. The van der Waals surface area contributed by atoms with Gasteiger partial charge in [-0.2, -0.15) is 0 Å². The molecule has 7 nitrogen and oxygen atoms in total. The normalized spacial score (nSPS) is 19.3. The molecule has 2 heterocycles. The van der Waals surface area contributed by atoms with Crippen molar-refractivity contribution in [3.63, 3.8) is 0 Å². The van der Waals surface area contributed by atoms with Crippen molar-refractivity contribution in [1.29, 1.82) is 0 Å². The Bertz CT molecular complexity index is 647. The fraction of sp³-hybridized carbons (Fsp3) is 0.529. The van der Waals surface area contributed by atoms with Crippen LogP contribution in [-0.4, -0.2) is 44.2 Å². The van der Waals surface area contributed by atoms with Crippen LogP contribution in [0.3, 0.4) is 0 Å². The molecule has 2 amide bonds. The van der Waals surface area contributed by atoms with Crippen molar-refractivity contribution >= 4 is 35.6 Å². The van der Waals surface area contributed by atoms with E-state index in [1.54, 1.807) is 30.2 Å². The predicted octanol–water partition coefficient (Wildman–Crippen LogP) is 1.69. The third-order valence-electron chi connectivity index (χ3n) is 4.64. The molecule has 8 heteroatoms. The van der Waals surface area contributed by atoms with E-state index in [1.165, 1.54) is 0 Å². The summed E-state index contributed by atoms with van der Waals surface area (Å²) in [5, 5.41) is 2.87. The van der Waals surface area contributed by atoms with Crippen molar-refractivity contribution < 1.29 is 19.1 Å². The van der Waals surface area contributed by atoms with Gasteiger partial charge in [0.25, 0.3) is 0 Å². The first-order valence-electron chi connectivity index (χ1n) is 8.20. The highest BCUT2D eigenvalue weighted by Crippen LogP contribution is 2.34. The van der Waals surface area contributed by atoms with Crippen LogP contribution in [0.1, 0.15) is 25.7 Å². The SMILES string of the molecule is COc1ccc(NC(=O)C2(N)CCOCC2)cc1N1CCCC1=O.Cl. The van der Waals surface area contributed by atoms with E-state index < -0.39 is 5.54 Å². The molecule has 0 spiro atoms. The second-order valence-corrected chi connectivity index (χ2v) is 6.26. The average Bonchev–Trinajstić information content (AvgIpc) is 3.01. The number of hydrogen-bond donors (Lipinski definition) is 2. The molecule has 0 atom stereocenters. The summed E-state index contributed by atoms with van der Waals surface area (Å²) < 4.78 is 10.6. The monoisotopic (exact) mass is 369 g/mol. The molecule has 0 saturated carbocycles. The van der Waals surface area contributed by atoms with E-state index in [2.05, 4.69) is 5.32 Å². The Balaban J connectivity index is 0.00000225. The predicted molar refractivity (Wildman–Crippen MR) is 97.4 cm³/mol. The number of ether oxygens (including phenoxy) is 2. The van der Waals surface area contributed by atoms with E-state index in [9.17, 15) is 9.59 Å². The van der Waals surface area contributed by atoms with E-state index in [1.807, 2.05) is 0 Å². The maximum atomic E-state index is 12.5. The van der Waals surface area contributed by atoms with Crippen LogP contribution in [0.4, 0.5) is 11.4 Å². The van der Waals surface area contributed by atoms with Crippen molar-refractivity contribution in [3.8, 4) is 5.75 Å².